The number of hydrogen-bond acceptors (Lipinski definition) is 5. The molecule has 0 saturated carbocycles. The number of thioether (sulfide) groups is 1. The number of nitrogens with zero attached hydrogens (tertiary/aromatic N) is 2. The SMILES string of the molecule is CN1C(=O)SC(c2cnc3cc(NC(=O)c4ccccc4)ccc3c2)C1=O. The summed E-state index contributed by atoms with van der Waals surface area (Å²) >= 11 is 0.993. The number of nitrogens with one attached hydrogen (secondary N) is 1. The van der Waals surface area contributed by atoms with Gasteiger partial charge in [0, 0.05) is 29.9 Å². The third kappa shape index (κ3) is 3.29. The number of benzene rings is 2. The van der Waals surface area contributed by atoms with Gasteiger partial charge in [-0.3, -0.25) is 24.3 Å². The van der Waals surface area contributed by atoms with Gasteiger partial charge in [-0.1, -0.05) is 24.3 Å². The van der Waals surface area contributed by atoms with Gasteiger partial charge in [0.2, 0.25) is 5.91 Å². The lowest BCUT2D eigenvalue weighted by molar-refractivity contribution is -0.125. The van der Waals surface area contributed by atoms with Gasteiger partial charge in [0.15, 0.2) is 0 Å². The quantitative estimate of drug-likeness (QED) is 0.750. The van der Waals surface area contributed by atoms with E-state index in [-0.39, 0.29) is 17.1 Å². The molecule has 1 saturated heterocycles. The van der Waals surface area contributed by atoms with Crippen molar-refractivity contribution in [1.82, 2.24) is 9.88 Å². The number of aromatic nitrogens is 1. The number of amides is 3. The number of anilines is 1. The molecule has 1 unspecified atom stereocenters. The van der Waals surface area contributed by atoms with Crippen LogP contribution >= 0.6 is 11.8 Å². The number of carbonyl (C=O) groups excluding carboxylic acids is 3. The highest BCUT2D eigenvalue weighted by atomic mass is 32.2. The van der Waals surface area contributed by atoms with Crippen LogP contribution in [0.5, 0.6) is 0 Å². The lowest BCUT2D eigenvalue weighted by Gasteiger charge is -2.10. The number of pyridine rings is 1. The van der Waals surface area contributed by atoms with E-state index in [0.29, 0.717) is 22.3 Å². The maximum atomic E-state index is 12.3. The van der Waals surface area contributed by atoms with Crippen molar-refractivity contribution in [2.45, 2.75) is 5.25 Å². The lowest BCUT2D eigenvalue weighted by atomic mass is 10.1. The number of carbonyl (C=O) groups is 3. The van der Waals surface area contributed by atoms with Crippen LogP contribution in [-0.2, 0) is 4.79 Å². The standard InChI is InChI=1S/C20H15N3O3S/c1-23-19(25)17(27-20(23)26)14-9-13-7-8-15(10-16(13)21-11-14)22-18(24)12-5-3-2-4-6-12/h2-11,17H,1H3,(H,22,24). The largest absolute Gasteiger partial charge is 0.322 e. The zero-order chi connectivity index (χ0) is 19.0. The van der Waals surface area contributed by atoms with E-state index in [2.05, 4.69) is 10.3 Å². The Kier molecular flexibility index (Phi) is 4.37. The number of likely N-dealkylation sites (N-methyl/N-ethyl adjacent to an activating group) is 1. The van der Waals surface area contributed by atoms with E-state index in [4.69, 9.17) is 0 Å². The van der Waals surface area contributed by atoms with Gasteiger partial charge in [0.25, 0.3) is 11.1 Å². The molecule has 27 heavy (non-hydrogen) atoms. The van der Waals surface area contributed by atoms with Crippen molar-refractivity contribution in [2.24, 2.45) is 0 Å². The van der Waals surface area contributed by atoms with Crippen LogP contribution in [0.2, 0.25) is 0 Å². The van der Waals surface area contributed by atoms with Crippen molar-refractivity contribution >= 4 is 45.4 Å². The van der Waals surface area contributed by atoms with Crippen LogP contribution in [0.4, 0.5) is 10.5 Å². The van der Waals surface area contributed by atoms with Crippen molar-refractivity contribution < 1.29 is 14.4 Å². The minimum atomic E-state index is -0.558. The fourth-order valence-electron chi connectivity index (χ4n) is 2.86. The lowest BCUT2D eigenvalue weighted by Crippen LogP contribution is -2.24. The maximum absolute atomic E-state index is 12.3. The summed E-state index contributed by atoms with van der Waals surface area (Å²) in [6, 6.07) is 16.2. The first-order valence-electron chi connectivity index (χ1n) is 8.27. The second-order valence-electron chi connectivity index (χ2n) is 6.16. The molecule has 3 aromatic rings. The molecule has 6 nitrogen and oxygen atoms in total. The highest BCUT2D eigenvalue weighted by Crippen LogP contribution is 2.39. The van der Waals surface area contributed by atoms with E-state index in [1.54, 1.807) is 30.5 Å². The smallest absolute Gasteiger partial charge is 0.289 e. The molecule has 2 heterocycles. The van der Waals surface area contributed by atoms with Crippen molar-refractivity contribution in [1.29, 1.82) is 0 Å². The maximum Gasteiger partial charge on any atom is 0.289 e. The Morgan fingerprint density at radius 3 is 2.59 bits per heavy atom. The molecule has 1 aromatic heterocycles. The molecule has 0 aliphatic carbocycles. The number of hydrogen-bond donors (Lipinski definition) is 1. The van der Waals surface area contributed by atoms with Crippen LogP contribution in [0.15, 0.2) is 60.8 Å². The summed E-state index contributed by atoms with van der Waals surface area (Å²) in [6.45, 7) is 0. The first-order chi connectivity index (χ1) is 13.0. The van der Waals surface area contributed by atoms with E-state index < -0.39 is 5.25 Å². The van der Waals surface area contributed by atoms with Crippen LogP contribution < -0.4 is 5.32 Å². The third-order valence-electron chi connectivity index (χ3n) is 4.35. The summed E-state index contributed by atoms with van der Waals surface area (Å²) < 4.78 is 0. The van der Waals surface area contributed by atoms with E-state index >= 15 is 0 Å². The molecule has 7 heteroatoms. The van der Waals surface area contributed by atoms with Crippen molar-refractivity contribution in [3.05, 3.63) is 71.9 Å². The molecule has 4 rings (SSSR count). The van der Waals surface area contributed by atoms with E-state index in [0.717, 1.165) is 22.0 Å². The Bertz CT molecular complexity index is 1070. The highest BCUT2D eigenvalue weighted by molar-refractivity contribution is 8.14. The number of fused-ring (bicyclic) bond motifs is 1. The molecule has 1 aliphatic heterocycles. The topological polar surface area (TPSA) is 79.4 Å². The summed E-state index contributed by atoms with van der Waals surface area (Å²) in [4.78, 5) is 41.7. The summed E-state index contributed by atoms with van der Waals surface area (Å²) in [5.74, 6) is -0.432. The summed E-state index contributed by atoms with van der Waals surface area (Å²) in [7, 11) is 1.48. The van der Waals surface area contributed by atoms with Crippen molar-refractivity contribution in [3.63, 3.8) is 0 Å². The van der Waals surface area contributed by atoms with Crippen LogP contribution in [0.25, 0.3) is 10.9 Å². The van der Waals surface area contributed by atoms with Gasteiger partial charge in [-0.05, 0) is 47.7 Å². The van der Waals surface area contributed by atoms with Crippen LogP contribution in [0, 0.1) is 0 Å². The zero-order valence-electron chi connectivity index (χ0n) is 14.4. The van der Waals surface area contributed by atoms with Gasteiger partial charge in [0.05, 0.1) is 5.52 Å². The number of rotatable bonds is 3. The van der Waals surface area contributed by atoms with Gasteiger partial charge in [-0.25, -0.2) is 0 Å². The third-order valence-corrected chi connectivity index (χ3v) is 5.53. The Balaban J connectivity index is 1.58. The van der Waals surface area contributed by atoms with Crippen LogP contribution in [0.1, 0.15) is 21.2 Å². The Morgan fingerprint density at radius 2 is 1.89 bits per heavy atom. The summed E-state index contributed by atoms with van der Waals surface area (Å²) in [5, 5.41) is 2.87. The molecule has 3 amide bonds. The fourth-order valence-corrected chi connectivity index (χ4v) is 3.83. The zero-order valence-corrected chi connectivity index (χ0v) is 15.2. The normalized spacial score (nSPS) is 16.8. The molecule has 2 aromatic carbocycles. The Morgan fingerprint density at radius 1 is 1.11 bits per heavy atom. The molecule has 1 N–H and O–H groups in total. The molecule has 0 radical (unpaired) electrons. The van der Waals surface area contributed by atoms with E-state index in [1.165, 1.54) is 7.05 Å². The summed E-state index contributed by atoms with van der Waals surface area (Å²) in [5.41, 5.74) is 2.60. The molecule has 1 fully saturated rings. The van der Waals surface area contributed by atoms with Gasteiger partial charge < -0.3 is 5.32 Å². The predicted octanol–water partition coefficient (Wildman–Crippen LogP) is 3.85. The van der Waals surface area contributed by atoms with Gasteiger partial charge in [-0.15, -0.1) is 0 Å². The predicted molar refractivity (Wildman–Crippen MR) is 105 cm³/mol. The highest BCUT2D eigenvalue weighted by Gasteiger charge is 2.38. The molecular weight excluding hydrogens is 362 g/mol. The van der Waals surface area contributed by atoms with E-state index in [1.807, 2.05) is 30.3 Å². The van der Waals surface area contributed by atoms with E-state index in [9.17, 15) is 14.4 Å². The fraction of sp³-hybridized carbons (Fsp3) is 0.100. The first-order valence-corrected chi connectivity index (χ1v) is 9.15. The van der Waals surface area contributed by atoms with Crippen LogP contribution in [-0.4, -0.2) is 34.0 Å². The minimum Gasteiger partial charge on any atom is -0.322 e. The molecular formula is C20H15N3O3S. The van der Waals surface area contributed by atoms with Gasteiger partial charge in [-0.2, -0.15) is 0 Å². The molecule has 1 aliphatic rings. The average molecular weight is 377 g/mol. The van der Waals surface area contributed by atoms with Crippen molar-refractivity contribution in [2.75, 3.05) is 12.4 Å². The second-order valence-corrected chi connectivity index (χ2v) is 7.21. The molecule has 1 atom stereocenters. The Hall–Kier alpha value is -3.19. The van der Waals surface area contributed by atoms with Gasteiger partial charge >= 0.3 is 0 Å². The van der Waals surface area contributed by atoms with Crippen LogP contribution in [0.3, 0.4) is 0 Å². The van der Waals surface area contributed by atoms with Crippen molar-refractivity contribution in [3.8, 4) is 0 Å². The molecule has 0 spiro atoms. The van der Waals surface area contributed by atoms with Gasteiger partial charge in [0.1, 0.15) is 5.25 Å². The first kappa shape index (κ1) is 17.2. The molecule has 0 bridgehead atoms. The average Bonchev–Trinajstić information content (AvgIpc) is 2.95. The molecule has 134 valence electrons. The second kappa shape index (κ2) is 6.85. The number of imide groups is 1. The monoisotopic (exact) mass is 377 g/mol. The minimum absolute atomic E-state index is 0.193. The summed E-state index contributed by atoms with van der Waals surface area (Å²) in [6.07, 6.45) is 1.60. The Labute approximate surface area is 159 Å².